The maximum Gasteiger partial charge on any atom is 0.337 e. The monoisotopic (exact) mass is 469 g/mol. The van der Waals surface area contributed by atoms with E-state index in [0.29, 0.717) is 12.3 Å². The highest BCUT2D eigenvalue weighted by Crippen LogP contribution is 2.33. The average Bonchev–Trinajstić information content (AvgIpc) is 3.64. The molecule has 0 aromatic heterocycles. The summed E-state index contributed by atoms with van der Waals surface area (Å²) in [4.78, 5) is 38.9. The third-order valence-corrected chi connectivity index (χ3v) is 5.73. The first-order valence-corrected chi connectivity index (χ1v) is 11.1. The lowest BCUT2D eigenvalue weighted by atomic mass is 10.1. The van der Waals surface area contributed by atoms with E-state index < -0.39 is 5.97 Å². The molecule has 3 N–H and O–H groups in total. The molecule has 0 radical (unpaired) electrons. The maximum absolute atomic E-state index is 12.7. The Balaban J connectivity index is 1.62. The highest BCUT2D eigenvalue weighted by atomic mass is 16.5. The van der Waals surface area contributed by atoms with Crippen LogP contribution in [0.3, 0.4) is 0 Å². The molecule has 0 unspecified atom stereocenters. The summed E-state index contributed by atoms with van der Waals surface area (Å²) < 4.78 is 10.4. The van der Waals surface area contributed by atoms with Crippen LogP contribution >= 0.6 is 0 Å². The minimum atomic E-state index is -1.20. The number of carbonyl (C=O) groups excluding carboxylic acids is 2. The summed E-state index contributed by atoms with van der Waals surface area (Å²) >= 11 is 0. The zero-order valence-corrected chi connectivity index (χ0v) is 19.9. The number of carboxylic acids is 1. The molecule has 1 fully saturated rings. The van der Waals surface area contributed by atoms with Crippen LogP contribution in [-0.2, 0) is 9.59 Å². The van der Waals surface area contributed by atoms with Gasteiger partial charge in [-0.3, -0.25) is 14.5 Å². The second-order valence-electron chi connectivity index (χ2n) is 8.42. The molecule has 0 bridgehead atoms. The Bertz CT molecular complexity index is 1080. The molecule has 9 nitrogen and oxygen atoms in total. The van der Waals surface area contributed by atoms with Crippen molar-refractivity contribution in [2.24, 2.45) is 0 Å². The Kier molecular flexibility index (Phi) is 8.12. The van der Waals surface area contributed by atoms with Crippen LogP contribution in [0.2, 0.25) is 0 Å². The van der Waals surface area contributed by atoms with Crippen LogP contribution in [0.5, 0.6) is 11.5 Å². The zero-order chi connectivity index (χ0) is 24.8. The van der Waals surface area contributed by atoms with Gasteiger partial charge in [-0.05, 0) is 43.9 Å². The van der Waals surface area contributed by atoms with Gasteiger partial charge in [0.2, 0.25) is 11.8 Å². The molecule has 3 rings (SSSR count). The van der Waals surface area contributed by atoms with Gasteiger partial charge in [-0.1, -0.05) is 12.1 Å². The predicted octanol–water partition coefficient (Wildman–Crippen LogP) is 3.45. The number of carbonyl (C=O) groups is 3. The van der Waals surface area contributed by atoms with Crippen molar-refractivity contribution in [1.29, 1.82) is 0 Å². The van der Waals surface area contributed by atoms with E-state index in [1.165, 1.54) is 26.4 Å². The number of hydrogen-bond acceptors (Lipinski definition) is 6. The number of rotatable bonds is 11. The van der Waals surface area contributed by atoms with E-state index in [1.54, 1.807) is 0 Å². The van der Waals surface area contributed by atoms with E-state index in [0.717, 1.165) is 29.7 Å². The van der Waals surface area contributed by atoms with Crippen LogP contribution in [0, 0.1) is 13.8 Å². The smallest absolute Gasteiger partial charge is 0.337 e. The van der Waals surface area contributed by atoms with Crippen molar-refractivity contribution < 1.29 is 29.0 Å². The summed E-state index contributed by atoms with van der Waals surface area (Å²) in [6.45, 7) is 4.48. The zero-order valence-electron chi connectivity index (χ0n) is 19.9. The number of aryl methyl sites for hydroxylation is 2. The van der Waals surface area contributed by atoms with Crippen molar-refractivity contribution in [2.45, 2.75) is 39.2 Å². The number of benzene rings is 2. The lowest BCUT2D eigenvalue weighted by Crippen LogP contribution is -2.37. The fraction of sp³-hybridized carbons (Fsp3) is 0.400. The molecule has 0 atom stereocenters. The van der Waals surface area contributed by atoms with Gasteiger partial charge in [0.15, 0.2) is 11.5 Å². The Morgan fingerprint density at radius 3 is 2.24 bits per heavy atom. The number of amides is 2. The highest BCUT2D eigenvalue weighted by Gasteiger charge is 2.30. The maximum atomic E-state index is 12.7. The quantitative estimate of drug-likeness (QED) is 0.461. The van der Waals surface area contributed by atoms with Crippen LogP contribution in [0.25, 0.3) is 0 Å². The fourth-order valence-electron chi connectivity index (χ4n) is 3.69. The van der Waals surface area contributed by atoms with Crippen molar-refractivity contribution in [3.05, 3.63) is 47.0 Å². The molecule has 2 aromatic rings. The second kappa shape index (κ2) is 11.0. The minimum Gasteiger partial charge on any atom is -0.493 e. The van der Waals surface area contributed by atoms with Gasteiger partial charge in [0.05, 0.1) is 32.0 Å². The lowest BCUT2D eigenvalue weighted by molar-refractivity contribution is -0.119. The predicted molar refractivity (Wildman–Crippen MR) is 129 cm³/mol. The Morgan fingerprint density at radius 1 is 0.971 bits per heavy atom. The first kappa shape index (κ1) is 25.0. The normalized spacial score (nSPS) is 12.9. The van der Waals surface area contributed by atoms with Gasteiger partial charge in [0, 0.05) is 36.8 Å². The summed E-state index contributed by atoms with van der Waals surface area (Å²) in [6, 6.07) is 8.90. The first-order valence-electron chi connectivity index (χ1n) is 11.1. The molecule has 1 aliphatic carbocycles. The largest absolute Gasteiger partial charge is 0.493 e. The molecule has 0 heterocycles. The van der Waals surface area contributed by atoms with Crippen molar-refractivity contribution in [1.82, 2.24) is 4.90 Å². The summed E-state index contributed by atoms with van der Waals surface area (Å²) in [5, 5.41) is 15.1. The molecule has 0 saturated heterocycles. The molecule has 2 aromatic carbocycles. The van der Waals surface area contributed by atoms with E-state index in [2.05, 4.69) is 10.6 Å². The number of hydrogen-bond donors (Lipinski definition) is 3. The molecule has 1 saturated carbocycles. The van der Waals surface area contributed by atoms with Gasteiger partial charge in [0.1, 0.15) is 0 Å². The minimum absolute atomic E-state index is 0.0991. The van der Waals surface area contributed by atoms with Crippen LogP contribution in [-0.4, -0.2) is 61.1 Å². The van der Waals surface area contributed by atoms with Gasteiger partial charge in [0.25, 0.3) is 0 Å². The van der Waals surface area contributed by atoms with E-state index in [4.69, 9.17) is 9.47 Å². The SMILES string of the molecule is COc1cc(NC(=O)CCN(CC(=O)Nc2cc(C)ccc2C)C2CC2)c(C(=O)O)cc1OC. The van der Waals surface area contributed by atoms with Gasteiger partial charge >= 0.3 is 5.97 Å². The number of nitrogens with zero attached hydrogens (tertiary/aromatic N) is 1. The third-order valence-electron chi connectivity index (χ3n) is 5.73. The highest BCUT2D eigenvalue weighted by molar-refractivity contribution is 6.01. The standard InChI is InChI=1S/C25H31N3O6/c1-15-5-6-16(2)19(11-15)26-24(30)14-28(17-7-8-17)10-9-23(29)27-20-13-22(34-4)21(33-3)12-18(20)25(31)32/h5-6,11-13,17H,7-10,14H2,1-4H3,(H,26,30)(H,27,29)(H,31,32). The van der Waals surface area contributed by atoms with Crippen molar-refractivity contribution >= 4 is 29.2 Å². The number of carboxylic acid groups (broad SMARTS) is 1. The van der Waals surface area contributed by atoms with Gasteiger partial charge in [-0.2, -0.15) is 0 Å². The summed E-state index contributed by atoms with van der Waals surface area (Å²) in [7, 11) is 2.84. The topological polar surface area (TPSA) is 117 Å². The molecule has 9 heteroatoms. The van der Waals surface area contributed by atoms with Gasteiger partial charge in [-0.15, -0.1) is 0 Å². The van der Waals surface area contributed by atoms with Crippen molar-refractivity contribution in [3.63, 3.8) is 0 Å². The number of ether oxygens (including phenoxy) is 2. The Hall–Kier alpha value is -3.59. The Morgan fingerprint density at radius 2 is 1.62 bits per heavy atom. The lowest BCUT2D eigenvalue weighted by Gasteiger charge is -2.22. The summed E-state index contributed by atoms with van der Waals surface area (Å²) in [5.74, 6) is -1.11. The molecule has 0 aliphatic heterocycles. The summed E-state index contributed by atoms with van der Waals surface area (Å²) in [6.07, 6.45) is 2.08. The van der Waals surface area contributed by atoms with Crippen molar-refractivity contribution in [3.8, 4) is 11.5 Å². The number of nitrogens with one attached hydrogen (secondary N) is 2. The molecule has 182 valence electrons. The van der Waals surface area contributed by atoms with Crippen LogP contribution in [0.15, 0.2) is 30.3 Å². The second-order valence-corrected chi connectivity index (χ2v) is 8.42. The van der Waals surface area contributed by atoms with E-state index in [9.17, 15) is 19.5 Å². The molecule has 0 spiro atoms. The van der Waals surface area contributed by atoms with Gasteiger partial charge in [-0.25, -0.2) is 4.79 Å². The van der Waals surface area contributed by atoms with E-state index in [1.807, 2.05) is 36.9 Å². The fourth-order valence-corrected chi connectivity index (χ4v) is 3.69. The Labute approximate surface area is 199 Å². The molecule has 2 amide bonds. The third kappa shape index (κ3) is 6.48. The molecular weight excluding hydrogens is 438 g/mol. The van der Waals surface area contributed by atoms with E-state index >= 15 is 0 Å². The number of methoxy groups -OCH3 is 2. The van der Waals surface area contributed by atoms with Gasteiger partial charge < -0.3 is 25.2 Å². The molecule has 1 aliphatic rings. The molecular formula is C25H31N3O6. The van der Waals surface area contributed by atoms with Crippen LogP contribution in [0.4, 0.5) is 11.4 Å². The van der Waals surface area contributed by atoms with Crippen molar-refractivity contribution in [2.75, 3.05) is 37.9 Å². The number of anilines is 2. The molecule has 34 heavy (non-hydrogen) atoms. The van der Waals surface area contributed by atoms with Crippen LogP contribution < -0.4 is 20.1 Å². The average molecular weight is 470 g/mol. The van der Waals surface area contributed by atoms with Crippen LogP contribution in [0.1, 0.15) is 40.7 Å². The van der Waals surface area contributed by atoms with E-state index in [-0.39, 0.29) is 47.8 Å². The number of aromatic carboxylic acids is 1. The summed E-state index contributed by atoms with van der Waals surface area (Å²) in [5.41, 5.74) is 2.86. The first-order chi connectivity index (χ1) is 16.2.